The van der Waals surface area contributed by atoms with Crippen LogP contribution in [-0.2, 0) is 22.6 Å². The molecule has 138 valence electrons. The average molecular weight is 374 g/mol. The number of benzene rings is 1. The van der Waals surface area contributed by atoms with E-state index in [9.17, 15) is 14.4 Å². The molecule has 8 heteroatoms. The molecule has 0 atom stereocenters. The molecular weight excluding hydrogens is 360 g/mol. The Morgan fingerprint density at radius 2 is 1.96 bits per heavy atom. The molecular formula is C20H14N4O4. The Morgan fingerprint density at radius 3 is 2.64 bits per heavy atom. The minimum Gasteiger partial charge on any atom is -0.478 e. The molecule has 3 rings (SSSR count). The highest BCUT2D eigenvalue weighted by Gasteiger charge is 2.25. The van der Waals surface area contributed by atoms with Gasteiger partial charge in [0.25, 0.3) is 11.8 Å². The van der Waals surface area contributed by atoms with Crippen molar-refractivity contribution >= 4 is 23.5 Å². The fraction of sp³-hybridized carbons (Fsp3) is 0.150. The predicted octanol–water partition coefficient (Wildman–Crippen LogP) is 0.598. The molecule has 0 fully saturated rings. The molecule has 1 aromatic carbocycles. The van der Waals surface area contributed by atoms with E-state index in [1.807, 2.05) is 0 Å². The maximum absolute atomic E-state index is 12.4. The molecule has 1 aliphatic rings. The second-order valence-electron chi connectivity index (χ2n) is 5.75. The van der Waals surface area contributed by atoms with Gasteiger partial charge in [-0.25, -0.2) is 9.78 Å². The first-order valence-electron chi connectivity index (χ1n) is 8.21. The fourth-order valence-electron chi connectivity index (χ4n) is 2.31. The number of hydrogen-bond donors (Lipinski definition) is 1. The van der Waals surface area contributed by atoms with Crippen LogP contribution in [-0.4, -0.2) is 49.6 Å². The van der Waals surface area contributed by atoms with Gasteiger partial charge in [0.1, 0.15) is 6.54 Å². The van der Waals surface area contributed by atoms with Crippen molar-refractivity contribution in [3.05, 3.63) is 54.1 Å². The second kappa shape index (κ2) is 8.47. The Bertz CT molecular complexity index is 1060. The zero-order chi connectivity index (χ0) is 19.9. The summed E-state index contributed by atoms with van der Waals surface area (Å²) < 4.78 is 1.72. The lowest BCUT2D eigenvalue weighted by molar-refractivity contribution is -0.128. The highest BCUT2D eigenvalue weighted by Crippen LogP contribution is 2.05. The van der Waals surface area contributed by atoms with E-state index >= 15 is 0 Å². The number of hydrogen-bond acceptors (Lipinski definition) is 4. The molecule has 1 aromatic heterocycles. The van der Waals surface area contributed by atoms with E-state index in [1.165, 1.54) is 12.1 Å². The fourth-order valence-corrected chi connectivity index (χ4v) is 2.31. The van der Waals surface area contributed by atoms with Gasteiger partial charge in [0, 0.05) is 24.9 Å². The zero-order valence-corrected chi connectivity index (χ0v) is 14.6. The average Bonchev–Trinajstić information content (AvgIpc) is 3.19. The van der Waals surface area contributed by atoms with E-state index < -0.39 is 17.8 Å². The first-order chi connectivity index (χ1) is 13.5. The molecule has 2 heterocycles. The van der Waals surface area contributed by atoms with Gasteiger partial charge in [0.2, 0.25) is 0 Å². The van der Waals surface area contributed by atoms with Gasteiger partial charge in [0.05, 0.1) is 18.4 Å². The molecule has 0 aliphatic carbocycles. The Balaban J connectivity index is 1.65. The third-order valence-corrected chi connectivity index (χ3v) is 3.71. The van der Waals surface area contributed by atoms with Crippen LogP contribution in [0.15, 0.2) is 48.0 Å². The van der Waals surface area contributed by atoms with Crippen LogP contribution in [0, 0.1) is 23.8 Å². The first-order valence-corrected chi connectivity index (χ1v) is 8.21. The van der Waals surface area contributed by atoms with Crippen LogP contribution >= 0.6 is 0 Å². The Kier molecular flexibility index (Phi) is 5.63. The van der Waals surface area contributed by atoms with Crippen molar-refractivity contribution in [2.75, 3.05) is 6.54 Å². The van der Waals surface area contributed by atoms with Gasteiger partial charge in [0.15, 0.2) is 5.71 Å². The van der Waals surface area contributed by atoms with E-state index in [0.29, 0.717) is 13.0 Å². The van der Waals surface area contributed by atoms with E-state index in [-0.39, 0.29) is 17.8 Å². The molecule has 0 bridgehead atoms. The van der Waals surface area contributed by atoms with E-state index in [2.05, 4.69) is 33.8 Å². The topological polar surface area (TPSA) is 105 Å². The molecule has 2 amide bonds. The van der Waals surface area contributed by atoms with Gasteiger partial charge in [-0.1, -0.05) is 24.0 Å². The van der Waals surface area contributed by atoms with Gasteiger partial charge < -0.3 is 9.67 Å². The summed E-state index contributed by atoms with van der Waals surface area (Å²) in [4.78, 5) is 43.7. The summed E-state index contributed by atoms with van der Waals surface area (Å²) in [6.45, 7) is 0.0923. The largest absolute Gasteiger partial charge is 0.478 e. The lowest BCUT2D eigenvalue weighted by atomic mass is 10.1. The summed E-state index contributed by atoms with van der Waals surface area (Å²) in [5.74, 6) is 6.17. The zero-order valence-electron chi connectivity index (χ0n) is 14.6. The number of carbonyl (C=O) groups excluding carboxylic acids is 2. The minimum atomic E-state index is -1.00. The van der Waals surface area contributed by atoms with Crippen molar-refractivity contribution in [2.24, 2.45) is 4.99 Å². The lowest BCUT2D eigenvalue weighted by Crippen LogP contribution is -2.40. The Hall–Kier alpha value is -4.17. The third-order valence-electron chi connectivity index (χ3n) is 3.71. The number of rotatable bonds is 3. The van der Waals surface area contributed by atoms with Gasteiger partial charge in [-0.15, -0.1) is 0 Å². The SMILES string of the molecule is O=C1CN(C#CCc2ccc(C(=O)O)cc2)C(=O)C(C#CCn2ccnc2)=N1. The van der Waals surface area contributed by atoms with Crippen LogP contribution in [0.3, 0.4) is 0 Å². The highest BCUT2D eigenvalue weighted by molar-refractivity contribution is 6.48. The molecule has 0 radical (unpaired) electrons. The Morgan fingerprint density at radius 1 is 1.18 bits per heavy atom. The number of carboxylic acids is 1. The number of carboxylic acid groups (broad SMARTS) is 1. The van der Waals surface area contributed by atoms with Crippen LogP contribution in [0.2, 0.25) is 0 Å². The van der Waals surface area contributed by atoms with Crippen molar-refractivity contribution in [2.45, 2.75) is 13.0 Å². The van der Waals surface area contributed by atoms with Crippen LogP contribution < -0.4 is 0 Å². The first kappa shape index (κ1) is 18.6. The molecule has 8 nitrogen and oxygen atoms in total. The summed E-state index contributed by atoms with van der Waals surface area (Å²) in [5, 5.41) is 8.89. The minimum absolute atomic E-state index is 0.142. The number of amides is 2. The van der Waals surface area contributed by atoms with Gasteiger partial charge in [-0.3, -0.25) is 14.5 Å². The summed E-state index contributed by atoms with van der Waals surface area (Å²) in [6.07, 6.45) is 5.23. The molecule has 0 spiro atoms. The molecule has 28 heavy (non-hydrogen) atoms. The van der Waals surface area contributed by atoms with Crippen molar-refractivity contribution in [3.63, 3.8) is 0 Å². The van der Waals surface area contributed by atoms with Gasteiger partial charge in [-0.2, -0.15) is 4.99 Å². The normalized spacial score (nSPS) is 13.1. The second-order valence-corrected chi connectivity index (χ2v) is 5.75. The summed E-state index contributed by atoms with van der Waals surface area (Å²) >= 11 is 0. The maximum atomic E-state index is 12.4. The van der Waals surface area contributed by atoms with Crippen LogP contribution in [0.5, 0.6) is 0 Å². The quantitative estimate of drug-likeness (QED) is 0.792. The maximum Gasteiger partial charge on any atom is 0.335 e. The van der Waals surface area contributed by atoms with Crippen molar-refractivity contribution < 1.29 is 19.5 Å². The molecule has 0 saturated carbocycles. The molecule has 2 aromatic rings. The van der Waals surface area contributed by atoms with Gasteiger partial charge in [-0.05, 0) is 23.6 Å². The molecule has 1 aliphatic heterocycles. The molecule has 1 N–H and O–H groups in total. The van der Waals surface area contributed by atoms with Gasteiger partial charge >= 0.3 is 5.97 Å². The highest BCUT2D eigenvalue weighted by atomic mass is 16.4. The van der Waals surface area contributed by atoms with Crippen LogP contribution in [0.4, 0.5) is 0 Å². The standard InChI is InChI=1S/C20H14N4O4/c25-18-13-24(11-1-3-15-5-7-16(8-6-15)20(27)28)19(26)17(22-18)4-2-10-23-12-9-21-14-23/h5-9,12,14H,3,10,13H2,(H,27,28). The molecule has 0 saturated heterocycles. The smallest absolute Gasteiger partial charge is 0.335 e. The van der Waals surface area contributed by atoms with Crippen LogP contribution in [0.1, 0.15) is 15.9 Å². The van der Waals surface area contributed by atoms with E-state index in [4.69, 9.17) is 5.11 Å². The van der Waals surface area contributed by atoms with Crippen molar-refractivity contribution in [1.82, 2.24) is 14.5 Å². The number of nitrogens with zero attached hydrogens (tertiary/aromatic N) is 4. The molecule has 0 unspecified atom stereocenters. The number of aromatic carboxylic acids is 1. The lowest BCUT2D eigenvalue weighted by Gasteiger charge is -2.16. The number of aromatic nitrogens is 2. The van der Waals surface area contributed by atoms with Crippen molar-refractivity contribution in [1.29, 1.82) is 0 Å². The number of carbonyl (C=O) groups is 3. The van der Waals surface area contributed by atoms with Crippen LogP contribution in [0.25, 0.3) is 0 Å². The van der Waals surface area contributed by atoms with E-state index in [0.717, 1.165) is 10.5 Å². The predicted molar refractivity (Wildman–Crippen MR) is 99.0 cm³/mol. The summed E-state index contributed by atoms with van der Waals surface area (Å²) in [6, 6.07) is 8.91. The number of imidazole rings is 1. The summed E-state index contributed by atoms with van der Waals surface area (Å²) in [7, 11) is 0. The van der Waals surface area contributed by atoms with E-state index in [1.54, 1.807) is 35.4 Å². The Labute approximate surface area is 160 Å². The monoisotopic (exact) mass is 374 g/mol. The third kappa shape index (κ3) is 4.71. The number of aliphatic imine (C=N–C) groups is 1. The van der Waals surface area contributed by atoms with Crippen molar-refractivity contribution in [3.8, 4) is 23.8 Å². The summed E-state index contributed by atoms with van der Waals surface area (Å²) in [5.41, 5.74) is 0.836.